The third-order valence-electron chi connectivity index (χ3n) is 5.15. The van der Waals surface area contributed by atoms with E-state index in [0.29, 0.717) is 26.2 Å². The average Bonchev–Trinajstić information content (AvgIpc) is 2.70. The van der Waals surface area contributed by atoms with Gasteiger partial charge in [-0.05, 0) is 24.6 Å². The molecule has 5 nitrogen and oxygen atoms in total. The summed E-state index contributed by atoms with van der Waals surface area (Å²) in [5, 5.41) is 0. The molecule has 3 rings (SSSR count). The van der Waals surface area contributed by atoms with Crippen LogP contribution in [0.15, 0.2) is 54.6 Å². The molecule has 0 spiro atoms. The van der Waals surface area contributed by atoms with Gasteiger partial charge in [0, 0.05) is 19.2 Å². The molecule has 0 radical (unpaired) electrons. The number of aryl methyl sites for hydroxylation is 1. The minimum Gasteiger partial charge on any atom is -0.337 e. The number of piperazine rings is 1. The van der Waals surface area contributed by atoms with Gasteiger partial charge >= 0.3 is 0 Å². The Morgan fingerprint density at radius 3 is 2.26 bits per heavy atom. The van der Waals surface area contributed by atoms with Gasteiger partial charge in [0.25, 0.3) is 11.8 Å². The highest BCUT2D eigenvalue weighted by Gasteiger charge is 2.26. The Hall–Kier alpha value is -2.66. The first-order valence-electron chi connectivity index (χ1n) is 9.50. The SMILES string of the molecule is Cc1ccc(CN(C)C(=O)C[NH+]2CCN(C(=O)c3ccccc3)CC2)cc1. The standard InChI is InChI=1S/C22H27N3O2/c1-18-8-10-19(11-9-18)16-23(2)21(26)17-24-12-14-25(15-13-24)22(27)20-6-4-3-5-7-20/h3-11H,12-17H2,1-2H3/p+1. The lowest BCUT2D eigenvalue weighted by Crippen LogP contribution is -3.15. The van der Waals surface area contributed by atoms with Crippen molar-refractivity contribution >= 4 is 11.8 Å². The molecule has 2 amide bonds. The Kier molecular flexibility index (Phi) is 6.24. The second kappa shape index (κ2) is 8.82. The zero-order valence-electron chi connectivity index (χ0n) is 16.1. The zero-order valence-corrected chi connectivity index (χ0v) is 16.1. The summed E-state index contributed by atoms with van der Waals surface area (Å²) in [5.74, 6) is 0.228. The maximum Gasteiger partial charge on any atom is 0.277 e. The highest BCUT2D eigenvalue weighted by atomic mass is 16.2. The molecule has 1 saturated heterocycles. The smallest absolute Gasteiger partial charge is 0.277 e. The highest BCUT2D eigenvalue weighted by molar-refractivity contribution is 5.94. The van der Waals surface area contributed by atoms with Gasteiger partial charge in [-0.3, -0.25) is 9.59 Å². The summed E-state index contributed by atoms with van der Waals surface area (Å²) < 4.78 is 0. The number of amides is 2. The number of rotatable bonds is 5. The molecule has 1 fully saturated rings. The molecule has 0 saturated carbocycles. The van der Waals surface area contributed by atoms with Crippen molar-refractivity contribution in [1.82, 2.24) is 9.80 Å². The number of quaternary nitrogens is 1. The second-order valence-electron chi connectivity index (χ2n) is 7.32. The van der Waals surface area contributed by atoms with Crippen LogP contribution in [0.2, 0.25) is 0 Å². The number of nitrogens with zero attached hydrogens (tertiary/aromatic N) is 2. The van der Waals surface area contributed by atoms with Crippen LogP contribution in [0.1, 0.15) is 21.5 Å². The Morgan fingerprint density at radius 2 is 1.63 bits per heavy atom. The minimum atomic E-state index is 0.0810. The molecule has 0 bridgehead atoms. The number of hydrogen-bond acceptors (Lipinski definition) is 2. The molecule has 1 aliphatic rings. The lowest BCUT2D eigenvalue weighted by atomic mass is 10.1. The van der Waals surface area contributed by atoms with Crippen LogP contribution in [0.3, 0.4) is 0 Å². The van der Waals surface area contributed by atoms with Crippen LogP contribution in [0.4, 0.5) is 0 Å². The predicted molar refractivity (Wildman–Crippen MR) is 106 cm³/mol. The van der Waals surface area contributed by atoms with Crippen molar-refractivity contribution in [2.45, 2.75) is 13.5 Å². The van der Waals surface area contributed by atoms with E-state index in [-0.39, 0.29) is 11.8 Å². The molecule has 2 aromatic carbocycles. The number of benzene rings is 2. The van der Waals surface area contributed by atoms with E-state index in [1.165, 1.54) is 10.5 Å². The Balaban J connectivity index is 1.46. The molecule has 0 aliphatic carbocycles. The first kappa shape index (κ1) is 19.1. The van der Waals surface area contributed by atoms with Crippen LogP contribution in [0.5, 0.6) is 0 Å². The fourth-order valence-electron chi connectivity index (χ4n) is 3.37. The predicted octanol–water partition coefficient (Wildman–Crippen LogP) is 0.994. The van der Waals surface area contributed by atoms with Gasteiger partial charge in [0.15, 0.2) is 6.54 Å². The second-order valence-corrected chi connectivity index (χ2v) is 7.32. The fraction of sp³-hybridized carbons (Fsp3) is 0.364. The van der Waals surface area contributed by atoms with Crippen LogP contribution in [0, 0.1) is 6.92 Å². The third kappa shape index (κ3) is 5.17. The van der Waals surface area contributed by atoms with E-state index in [1.54, 1.807) is 4.90 Å². The van der Waals surface area contributed by atoms with Gasteiger partial charge in [-0.2, -0.15) is 0 Å². The van der Waals surface area contributed by atoms with Crippen LogP contribution in [-0.4, -0.2) is 61.4 Å². The van der Waals surface area contributed by atoms with Gasteiger partial charge in [-0.1, -0.05) is 48.0 Å². The lowest BCUT2D eigenvalue weighted by molar-refractivity contribution is -0.896. The van der Waals surface area contributed by atoms with E-state index >= 15 is 0 Å². The lowest BCUT2D eigenvalue weighted by Gasteiger charge is -2.32. The van der Waals surface area contributed by atoms with Crippen molar-refractivity contribution in [2.75, 3.05) is 39.8 Å². The summed E-state index contributed by atoms with van der Waals surface area (Å²) >= 11 is 0. The van der Waals surface area contributed by atoms with E-state index in [4.69, 9.17) is 0 Å². The first-order valence-corrected chi connectivity index (χ1v) is 9.50. The van der Waals surface area contributed by atoms with E-state index in [1.807, 2.05) is 42.3 Å². The van der Waals surface area contributed by atoms with Crippen molar-refractivity contribution in [1.29, 1.82) is 0 Å². The van der Waals surface area contributed by atoms with Gasteiger partial charge < -0.3 is 14.7 Å². The van der Waals surface area contributed by atoms with Gasteiger partial charge in [0.1, 0.15) is 0 Å². The van der Waals surface area contributed by atoms with Crippen molar-refractivity contribution in [3.8, 4) is 0 Å². The molecule has 0 unspecified atom stereocenters. The van der Waals surface area contributed by atoms with E-state index in [2.05, 4.69) is 31.2 Å². The van der Waals surface area contributed by atoms with E-state index in [0.717, 1.165) is 24.2 Å². The van der Waals surface area contributed by atoms with E-state index in [9.17, 15) is 9.59 Å². The van der Waals surface area contributed by atoms with Gasteiger partial charge in [0.2, 0.25) is 0 Å². The quantitative estimate of drug-likeness (QED) is 0.858. The van der Waals surface area contributed by atoms with Gasteiger partial charge in [-0.15, -0.1) is 0 Å². The molecule has 1 aliphatic heterocycles. The molecular formula is C22H28N3O2+. The Bertz CT molecular complexity index is 766. The van der Waals surface area contributed by atoms with Crippen molar-refractivity contribution in [2.24, 2.45) is 0 Å². The van der Waals surface area contributed by atoms with Crippen molar-refractivity contribution in [3.05, 3.63) is 71.3 Å². The van der Waals surface area contributed by atoms with Crippen molar-refractivity contribution in [3.63, 3.8) is 0 Å². The molecular weight excluding hydrogens is 338 g/mol. The molecule has 0 aromatic heterocycles. The Labute approximate surface area is 161 Å². The Morgan fingerprint density at radius 1 is 1.00 bits per heavy atom. The number of likely N-dealkylation sites (N-methyl/N-ethyl adjacent to an activating group) is 1. The van der Waals surface area contributed by atoms with Gasteiger partial charge in [-0.25, -0.2) is 0 Å². The van der Waals surface area contributed by atoms with Crippen LogP contribution in [-0.2, 0) is 11.3 Å². The monoisotopic (exact) mass is 366 g/mol. The molecule has 0 atom stereocenters. The van der Waals surface area contributed by atoms with E-state index < -0.39 is 0 Å². The van der Waals surface area contributed by atoms with Crippen LogP contribution in [0.25, 0.3) is 0 Å². The molecule has 27 heavy (non-hydrogen) atoms. The summed E-state index contributed by atoms with van der Waals surface area (Å²) in [7, 11) is 1.86. The molecule has 1 N–H and O–H groups in total. The number of carbonyl (C=O) groups is 2. The topological polar surface area (TPSA) is 45.1 Å². The highest BCUT2D eigenvalue weighted by Crippen LogP contribution is 2.06. The van der Waals surface area contributed by atoms with Crippen molar-refractivity contribution < 1.29 is 14.5 Å². The van der Waals surface area contributed by atoms with Crippen LogP contribution < -0.4 is 4.90 Å². The molecule has 2 aromatic rings. The number of nitrogens with one attached hydrogen (secondary N) is 1. The maximum absolute atomic E-state index is 12.5. The summed E-state index contributed by atoms with van der Waals surface area (Å²) in [5.41, 5.74) is 3.10. The van der Waals surface area contributed by atoms with Gasteiger partial charge in [0.05, 0.1) is 26.2 Å². The largest absolute Gasteiger partial charge is 0.337 e. The molecule has 142 valence electrons. The van der Waals surface area contributed by atoms with Crippen LogP contribution >= 0.6 is 0 Å². The maximum atomic E-state index is 12.5. The molecule has 5 heteroatoms. The first-order chi connectivity index (χ1) is 13.0. The zero-order chi connectivity index (χ0) is 19.2. The summed E-state index contributed by atoms with van der Waals surface area (Å²) in [6.07, 6.45) is 0. The average molecular weight is 366 g/mol. The summed E-state index contributed by atoms with van der Waals surface area (Å²) in [6.45, 7) is 6.17. The third-order valence-corrected chi connectivity index (χ3v) is 5.15. The summed E-state index contributed by atoms with van der Waals surface area (Å²) in [4.78, 5) is 30.0. The fourth-order valence-corrected chi connectivity index (χ4v) is 3.37. The summed E-state index contributed by atoms with van der Waals surface area (Å²) in [6, 6.07) is 17.7. The molecule has 1 heterocycles. The normalized spacial score (nSPS) is 14.8. The number of hydrogen-bond donors (Lipinski definition) is 1. The number of carbonyl (C=O) groups excluding carboxylic acids is 2. The minimum absolute atomic E-state index is 0.0810.